The van der Waals surface area contributed by atoms with Gasteiger partial charge in [-0.25, -0.2) is 4.79 Å². The summed E-state index contributed by atoms with van der Waals surface area (Å²) in [7, 11) is -2.10. The van der Waals surface area contributed by atoms with Gasteiger partial charge in [-0.3, -0.25) is 5.32 Å². The third-order valence-corrected chi connectivity index (χ3v) is 12.0. The van der Waals surface area contributed by atoms with Gasteiger partial charge in [-0.15, -0.1) is 4.52 Å². The molecular weight excluding hydrogens is 497 g/mol. The summed E-state index contributed by atoms with van der Waals surface area (Å²) in [6.07, 6.45) is 15.8. The van der Waals surface area contributed by atoms with E-state index < -0.39 is 14.1 Å². The number of alkyl carbamates (subject to hydrolysis) is 1. The molecule has 0 heterocycles. The molecular formula is C31H51NO5P+. The molecule has 1 N–H and O–H groups in total. The van der Waals surface area contributed by atoms with Crippen molar-refractivity contribution in [3.05, 3.63) is 11.6 Å². The fraction of sp³-hybridized carbons (Fsp3) is 0.871. The minimum atomic E-state index is -2.10. The number of ether oxygens (including phenoxy) is 1. The highest BCUT2D eigenvalue weighted by Gasteiger charge is 2.59. The summed E-state index contributed by atoms with van der Waals surface area (Å²) >= 11 is 0. The summed E-state index contributed by atoms with van der Waals surface area (Å²) < 4.78 is 22.2. The monoisotopic (exact) mass is 548 g/mol. The fourth-order valence-electron chi connectivity index (χ4n) is 9.23. The number of carbonyl (C=O) groups is 2. The van der Waals surface area contributed by atoms with Gasteiger partial charge < -0.3 is 9.53 Å². The molecule has 6 nitrogen and oxygen atoms in total. The minimum absolute atomic E-state index is 0.142. The zero-order valence-corrected chi connectivity index (χ0v) is 25.3. The number of carbonyl (C=O) groups excluding carboxylic acids is 2. The van der Waals surface area contributed by atoms with Crippen LogP contribution in [0.3, 0.4) is 0 Å². The van der Waals surface area contributed by atoms with Gasteiger partial charge in [0.25, 0.3) is 6.29 Å². The first kappa shape index (κ1) is 29.7. The molecule has 9 atom stereocenters. The molecule has 1 amide bonds. The van der Waals surface area contributed by atoms with E-state index in [2.05, 4.69) is 46.0 Å². The standard InChI is InChI=1S/C31H50NO5P/c1-21(2)7-6-8-22(3)26-11-12-27-25-10-9-23-19-24(37-29(34)32-20-38(35)36-18-17-33)13-15-30(23,4)28(25)14-16-31(26,27)5/h9,17,21-22,24-28H,6-8,10-16,18-20H2,1-5H3/p+1/t22-,24+,25+,26-,27+,28+,30+,31-/m1/s1. The van der Waals surface area contributed by atoms with Crippen LogP contribution < -0.4 is 5.32 Å². The van der Waals surface area contributed by atoms with E-state index in [-0.39, 0.29) is 24.4 Å². The number of fused-ring (bicyclic) bond motifs is 5. The van der Waals surface area contributed by atoms with Crippen molar-refractivity contribution in [1.29, 1.82) is 0 Å². The van der Waals surface area contributed by atoms with Crippen LogP contribution in [-0.2, 0) is 18.6 Å². The zero-order valence-electron chi connectivity index (χ0n) is 24.4. The Balaban J connectivity index is 1.35. The Morgan fingerprint density at radius 1 is 1.13 bits per heavy atom. The summed E-state index contributed by atoms with van der Waals surface area (Å²) in [5.41, 5.74) is 2.20. The Hall–Kier alpha value is -1.26. The van der Waals surface area contributed by atoms with Crippen LogP contribution in [-0.4, -0.2) is 31.4 Å². The van der Waals surface area contributed by atoms with Crippen LogP contribution in [0, 0.1) is 46.3 Å². The van der Waals surface area contributed by atoms with Gasteiger partial charge in [0.05, 0.1) is 0 Å². The lowest BCUT2D eigenvalue weighted by Gasteiger charge is -2.58. The molecule has 0 radical (unpaired) electrons. The molecule has 0 saturated heterocycles. The number of allylic oxidation sites excluding steroid dienone is 1. The van der Waals surface area contributed by atoms with E-state index in [4.69, 9.17) is 9.26 Å². The van der Waals surface area contributed by atoms with Crippen LogP contribution in [0.25, 0.3) is 0 Å². The molecule has 0 aliphatic heterocycles. The maximum atomic E-state index is 12.3. The van der Waals surface area contributed by atoms with Crippen LogP contribution in [0.1, 0.15) is 105 Å². The molecule has 0 aromatic heterocycles. The van der Waals surface area contributed by atoms with Crippen LogP contribution in [0.15, 0.2) is 11.6 Å². The van der Waals surface area contributed by atoms with E-state index in [0.717, 1.165) is 54.8 Å². The van der Waals surface area contributed by atoms with Gasteiger partial charge in [0, 0.05) is 6.42 Å². The predicted octanol–water partition coefficient (Wildman–Crippen LogP) is 8.04. The first-order chi connectivity index (χ1) is 18.1. The zero-order chi connectivity index (χ0) is 27.5. The largest absolute Gasteiger partial charge is 0.530 e. The van der Waals surface area contributed by atoms with Crippen molar-refractivity contribution in [3.8, 4) is 0 Å². The second-order valence-corrected chi connectivity index (χ2v) is 14.9. The second-order valence-electron chi connectivity index (χ2n) is 13.7. The predicted molar refractivity (Wildman–Crippen MR) is 151 cm³/mol. The number of amides is 1. The van der Waals surface area contributed by atoms with E-state index in [1.807, 2.05) is 0 Å². The highest BCUT2D eigenvalue weighted by Crippen LogP contribution is 2.67. The van der Waals surface area contributed by atoms with Crippen molar-refractivity contribution in [2.45, 2.75) is 111 Å². The van der Waals surface area contributed by atoms with E-state index in [1.54, 1.807) is 0 Å². The summed E-state index contributed by atoms with van der Waals surface area (Å²) in [5, 5.41) is 2.52. The lowest BCUT2D eigenvalue weighted by atomic mass is 9.47. The lowest BCUT2D eigenvalue weighted by Crippen LogP contribution is -2.51. The van der Waals surface area contributed by atoms with Gasteiger partial charge in [0.2, 0.25) is 0 Å². The van der Waals surface area contributed by atoms with Crippen molar-refractivity contribution in [1.82, 2.24) is 5.32 Å². The van der Waals surface area contributed by atoms with Crippen LogP contribution >= 0.6 is 8.03 Å². The summed E-state index contributed by atoms with van der Waals surface area (Å²) in [6.45, 7) is 12.1. The Kier molecular flexibility index (Phi) is 9.78. The number of hydrogen-bond acceptors (Lipinski definition) is 5. The van der Waals surface area contributed by atoms with E-state index in [0.29, 0.717) is 11.7 Å². The topological polar surface area (TPSA) is 81.7 Å². The van der Waals surface area contributed by atoms with Crippen molar-refractivity contribution in [2.24, 2.45) is 46.3 Å². The summed E-state index contributed by atoms with van der Waals surface area (Å²) in [4.78, 5) is 22.6. The Bertz CT molecular complexity index is 905. The van der Waals surface area contributed by atoms with Crippen molar-refractivity contribution in [3.63, 3.8) is 0 Å². The first-order valence-electron chi connectivity index (χ1n) is 15.2. The van der Waals surface area contributed by atoms with Crippen LogP contribution in [0.4, 0.5) is 4.79 Å². The van der Waals surface area contributed by atoms with Gasteiger partial charge in [0.1, 0.15) is 6.10 Å². The quantitative estimate of drug-likeness (QED) is 0.161. The SMILES string of the molecule is CC(C)CCC[C@@H](C)[C@H]1CC[C@H]2[C@@H]3CC=C4C[C@@H](OC(=O)NC[P+](=O)OCC=O)CC[C@]4(C)[C@H]3CC[C@]12C. The molecule has 0 bridgehead atoms. The summed E-state index contributed by atoms with van der Waals surface area (Å²) in [5.74, 6) is 4.89. The van der Waals surface area contributed by atoms with Gasteiger partial charge in [-0.1, -0.05) is 65.5 Å². The lowest BCUT2D eigenvalue weighted by molar-refractivity contribution is -0.109. The Labute approximate surface area is 231 Å². The molecule has 0 spiro atoms. The molecule has 0 aromatic carbocycles. The average molecular weight is 549 g/mol. The molecule has 1 unspecified atom stereocenters. The van der Waals surface area contributed by atoms with Gasteiger partial charge in [0.15, 0.2) is 12.9 Å². The maximum Gasteiger partial charge on any atom is 0.530 e. The molecule has 4 aliphatic carbocycles. The van der Waals surface area contributed by atoms with Gasteiger partial charge in [-0.05, 0) is 95.8 Å². The van der Waals surface area contributed by atoms with Crippen LogP contribution in [0.5, 0.6) is 0 Å². The molecule has 4 aliphatic rings. The highest BCUT2D eigenvalue weighted by molar-refractivity contribution is 7.39. The molecule has 3 fully saturated rings. The molecule has 3 saturated carbocycles. The third kappa shape index (κ3) is 6.22. The van der Waals surface area contributed by atoms with Crippen LogP contribution in [0.2, 0.25) is 0 Å². The Morgan fingerprint density at radius 2 is 1.92 bits per heavy atom. The van der Waals surface area contributed by atoms with Gasteiger partial charge in [-0.2, -0.15) is 0 Å². The van der Waals surface area contributed by atoms with E-state index in [9.17, 15) is 14.2 Å². The van der Waals surface area contributed by atoms with Gasteiger partial charge >= 0.3 is 14.1 Å². The Morgan fingerprint density at radius 3 is 2.66 bits per heavy atom. The number of hydrogen-bond donors (Lipinski definition) is 1. The number of rotatable bonds is 11. The normalized spacial score (nSPS) is 37.4. The van der Waals surface area contributed by atoms with Crippen molar-refractivity contribution >= 4 is 20.4 Å². The third-order valence-electron chi connectivity index (χ3n) is 11.2. The van der Waals surface area contributed by atoms with E-state index >= 15 is 0 Å². The summed E-state index contributed by atoms with van der Waals surface area (Å²) in [6, 6.07) is 0. The average Bonchev–Trinajstić information content (AvgIpc) is 3.23. The van der Waals surface area contributed by atoms with E-state index in [1.165, 1.54) is 56.9 Å². The first-order valence-corrected chi connectivity index (χ1v) is 16.6. The number of aldehydes is 1. The van der Waals surface area contributed by atoms with Crippen molar-refractivity contribution in [2.75, 3.05) is 12.9 Å². The smallest absolute Gasteiger partial charge is 0.446 e. The molecule has 7 heteroatoms. The fourth-order valence-corrected chi connectivity index (χ4v) is 9.81. The van der Waals surface area contributed by atoms with Crippen molar-refractivity contribution < 1.29 is 23.4 Å². The molecule has 214 valence electrons. The molecule has 38 heavy (non-hydrogen) atoms. The molecule has 0 aromatic rings. The minimum Gasteiger partial charge on any atom is -0.446 e. The number of nitrogens with one attached hydrogen (secondary N) is 1. The maximum absolute atomic E-state index is 12.3. The second kappa shape index (κ2) is 12.5. The molecule has 4 rings (SSSR count). The highest BCUT2D eigenvalue weighted by atomic mass is 31.1.